The Morgan fingerprint density at radius 2 is 1.26 bits per heavy atom. The van der Waals surface area contributed by atoms with Gasteiger partial charge in [0.05, 0.1) is 26.6 Å². The summed E-state index contributed by atoms with van der Waals surface area (Å²) in [6, 6.07) is 3.42. The van der Waals surface area contributed by atoms with Crippen LogP contribution in [0.15, 0.2) is 36.9 Å². The molecule has 0 aromatic carbocycles. The molecule has 98 valence electrons. The molecule has 6 nitrogen and oxygen atoms in total. The Kier molecular flexibility index (Phi) is 4.44. The van der Waals surface area contributed by atoms with Crippen molar-refractivity contribution >= 4 is 7.69 Å². The third-order valence-electron chi connectivity index (χ3n) is 2.36. The fraction of sp³-hybridized carbons (Fsp3) is 0.167. The Balaban J connectivity index is 1.96. The molecule has 0 saturated heterocycles. The number of rotatable bonds is 6. The predicted octanol–water partition coefficient (Wildman–Crippen LogP) is 1.22. The average Bonchev–Trinajstić information content (AvgIpc) is 2.48. The van der Waals surface area contributed by atoms with Crippen LogP contribution in [-0.2, 0) is 0 Å². The fourth-order valence-corrected chi connectivity index (χ4v) is 1.44. The van der Waals surface area contributed by atoms with Gasteiger partial charge in [-0.3, -0.25) is 9.97 Å². The second kappa shape index (κ2) is 6.48. The van der Waals surface area contributed by atoms with Crippen molar-refractivity contribution in [3.05, 3.63) is 36.9 Å². The van der Waals surface area contributed by atoms with Crippen molar-refractivity contribution < 1.29 is 18.8 Å². The van der Waals surface area contributed by atoms with Gasteiger partial charge in [-0.05, 0) is 0 Å². The van der Waals surface area contributed by atoms with E-state index in [-0.39, 0.29) is 7.69 Å². The molecule has 0 bridgehead atoms. The molecule has 0 amide bonds. The van der Waals surface area contributed by atoms with E-state index in [9.17, 15) is 0 Å². The van der Waals surface area contributed by atoms with Crippen LogP contribution in [0.3, 0.4) is 0 Å². The minimum atomic E-state index is 0.00407. The first-order chi connectivity index (χ1) is 9.35. The highest BCUT2D eigenvalue weighted by Gasteiger charge is 2.08. The van der Waals surface area contributed by atoms with E-state index in [1.807, 2.05) is 0 Å². The van der Waals surface area contributed by atoms with E-state index in [0.717, 1.165) is 0 Å². The summed E-state index contributed by atoms with van der Waals surface area (Å²) in [5.74, 6) is 2.20. The quantitative estimate of drug-likeness (QED) is 0.727. The van der Waals surface area contributed by atoms with Gasteiger partial charge in [0, 0.05) is 24.5 Å². The zero-order chi connectivity index (χ0) is 13.5. The summed E-state index contributed by atoms with van der Waals surface area (Å²) in [7, 11) is 3.13. The normalized spacial score (nSPS) is 9.58. The van der Waals surface area contributed by atoms with Gasteiger partial charge in [-0.2, -0.15) is 0 Å². The summed E-state index contributed by atoms with van der Waals surface area (Å²) in [6.45, 7) is 0. The van der Waals surface area contributed by atoms with E-state index < -0.39 is 0 Å². The Bertz CT molecular complexity index is 491. The molecule has 2 aromatic heterocycles. The minimum absolute atomic E-state index is 0.00407. The molecule has 2 aromatic rings. The molecule has 2 rings (SSSR count). The van der Waals surface area contributed by atoms with Gasteiger partial charge in [-0.1, -0.05) is 0 Å². The van der Waals surface area contributed by atoms with Crippen molar-refractivity contribution in [2.45, 2.75) is 0 Å². The van der Waals surface area contributed by atoms with E-state index in [0.29, 0.717) is 23.0 Å². The second-order valence-corrected chi connectivity index (χ2v) is 3.46. The lowest BCUT2D eigenvalue weighted by Gasteiger charge is -2.11. The van der Waals surface area contributed by atoms with Crippen molar-refractivity contribution in [3.8, 4) is 23.0 Å². The van der Waals surface area contributed by atoms with Crippen LogP contribution in [0, 0.1) is 0 Å². The minimum Gasteiger partial charge on any atom is -0.525 e. The van der Waals surface area contributed by atoms with Gasteiger partial charge in [-0.15, -0.1) is 0 Å². The molecule has 0 aliphatic heterocycles. The number of methoxy groups -OCH3 is 2. The maximum Gasteiger partial charge on any atom is 0.576 e. The second-order valence-electron chi connectivity index (χ2n) is 3.46. The van der Waals surface area contributed by atoms with E-state index in [2.05, 4.69) is 9.97 Å². The Morgan fingerprint density at radius 3 is 1.68 bits per heavy atom. The summed E-state index contributed by atoms with van der Waals surface area (Å²) in [5.41, 5.74) is 0. The van der Waals surface area contributed by atoms with Crippen LogP contribution < -0.4 is 18.8 Å². The van der Waals surface area contributed by atoms with Gasteiger partial charge in [0.1, 0.15) is 0 Å². The van der Waals surface area contributed by atoms with Crippen molar-refractivity contribution in [2.24, 2.45) is 0 Å². The zero-order valence-electron chi connectivity index (χ0n) is 10.7. The Labute approximate surface area is 111 Å². The van der Waals surface area contributed by atoms with Crippen LogP contribution >= 0.6 is 0 Å². The third-order valence-corrected chi connectivity index (χ3v) is 2.36. The molecule has 0 N–H and O–H groups in total. The SMILES string of the molecule is COc1ccncc1OBOc1cnccc1OC. The fourth-order valence-electron chi connectivity index (χ4n) is 1.44. The predicted molar refractivity (Wildman–Crippen MR) is 70.0 cm³/mol. The Morgan fingerprint density at radius 1 is 0.789 bits per heavy atom. The lowest BCUT2D eigenvalue weighted by Crippen LogP contribution is -2.12. The summed E-state index contributed by atoms with van der Waals surface area (Å²) in [4.78, 5) is 7.91. The van der Waals surface area contributed by atoms with Crippen LogP contribution in [-0.4, -0.2) is 31.9 Å². The maximum atomic E-state index is 5.44. The van der Waals surface area contributed by atoms with Gasteiger partial charge < -0.3 is 18.8 Å². The monoisotopic (exact) mass is 260 g/mol. The van der Waals surface area contributed by atoms with Crippen LogP contribution in [0.4, 0.5) is 0 Å². The van der Waals surface area contributed by atoms with Crippen LogP contribution in [0.1, 0.15) is 0 Å². The van der Waals surface area contributed by atoms with E-state index in [1.165, 1.54) is 0 Å². The van der Waals surface area contributed by atoms with Crippen LogP contribution in [0.25, 0.3) is 0 Å². The largest absolute Gasteiger partial charge is 0.576 e. The highest BCUT2D eigenvalue weighted by Crippen LogP contribution is 2.26. The van der Waals surface area contributed by atoms with Crippen molar-refractivity contribution in [2.75, 3.05) is 14.2 Å². The van der Waals surface area contributed by atoms with Crippen LogP contribution in [0.5, 0.6) is 23.0 Å². The number of ether oxygens (including phenoxy) is 2. The molecule has 0 radical (unpaired) electrons. The van der Waals surface area contributed by atoms with Gasteiger partial charge in [0.25, 0.3) is 0 Å². The molecular formula is C12H13BN2O4. The van der Waals surface area contributed by atoms with Gasteiger partial charge in [-0.25, -0.2) is 0 Å². The zero-order valence-corrected chi connectivity index (χ0v) is 10.7. The molecule has 0 fully saturated rings. The first-order valence-corrected chi connectivity index (χ1v) is 5.56. The molecular weight excluding hydrogens is 247 g/mol. The molecule has 0 aliphatic carbocycles. The smallest absolute Gasteiger partial charge is 0.525 e. The van der Waals surface area contributed by atoms with Crippen LogP contribution in [0.2, 0.25) is 0 Å². The van der Waals surface area contributed by atoms with Crippen molar-refractivity contribution in [1.29, 1.82) is 0 Å². The summed E-state index contributed by atoms with van der Waals surface area (Å²) < 4.78 is 21.1. The molecule has 2 heterocycles. The highest BCUT2D eigenvalue weighted by atomic mass is 16.6. The molecule has 0 aliphatic rings. The van der Waals surface area contributed by atoms with Gasteiger partial charge >= 0.3 is 7.69 Å². The average molecular weight is 260 g/mol. The summed E-state index contributed by atoms with van der Waals surface area (Å²) in [5, 5.41) is 0. The summed E-state index contributed by atoms with van der Waals surface area (Å²) in [6.07, 6.45) is 6.36. The molecule has 7 heteroatoms. The molecule has 0 atom stereocenters. The number of pyridine rings is 2. The van der Waals surface area contributed by atoms with E-state index >= 15 is 0 Å². The van der Waals surface area contributed by atoms with E-state index in [1.54, 1.807) is 51.1 Å². The Hall–Kier alpha value is -2.44. The topological polar surface area (TPSA) is 62.7 Å². The van der Waals surface area contributed by atoms with Gasteiger partial charge in [0.15, 0.2) is 23.0 Å². The maximum absolute atomic E-state index is 5.44. The van der Waals surface area contributed by atoms with E-state index in [4.69, 9.17) is 18.8 Å². The standard InChI is InChI=1S/C12H13BN2O4/c1-16-9-3-5-14-7-11(9)18-13-19-12-8-15-6-4-10(12)17-2/h3-8,13H,1-2H3. The first kappa shape index (κ1) is 13.0. The molecule has 0 spiro atoms. The lowest BCUT2D eigenvalue weighted by molar-refractivity contribution is 0.368. The number of hydrogen-bond donors (Lipinski definition) is 0. The number of aromatic nitrogens is 2. The number of nitrogens with zero attached hydrogens (tertiary/aromatic N) is 2. The molecule has 0 unspecified atom stereocenters. The summed E-state index contributed by atoms with van der Waals surface area (Å²) >= 11 is 0. The van der Waals surface area contributed by atoms with Gasteiger partial charge in [0.2, 0.25) is 0 Å². The molecule has 0 saturated carbocycles. The first-order valence-electron chi connectivity index (χ1n) is 5.56. The third kappa shape index (κ3) is 3.28. The highest BCUT2D eigenvalue weighted by molar-refractivity contribution is 6.21. The van der Waals surface area contributed by atoms with Crippen molar-refractivity contribution in [1.82, 2.24) is 9.97 Å². The van der Waals surface area contributed by atoms with Crippen molar-refractivity contribution in [3.63, 3.8) is 0 Å². The molecule has 19 heavy (non-hydrogen) atoms. The lowest BCUT2D eigenvalue weighted by atomic mass is 10.3. The number of hydrogen-bond acceptors (Lipinski definition) is 6.